The third kappa shape index (κ3) is 1.68. The number of hydrogen-bond donors (Lipinski definition) is 2. The van der Waals surface area contributed by atoms with E-state index in [9.17, 15) is 5.11 Å². The van der Waals surface area contributed by atoms with Crippen molar-refractivity contribution < 1.29 is 5.11 Å². The fraction of sp³-hybridized carbons (Fsp3) is 0.500. The summed E-state index contributed by atoms with van der Waals surface area (Å²) >= 11 is 0. The van der Waals surface area contributed by atoms with Gasteiger partial charge < -0.3 is 10.4 Å². The molecule has 1 aliphatic rings. The monoisotopic (exact) mass is 191 g/mol. The van der Waals surface area contributed by atoms with Crippen LogP contribution in [0.15, 0.2) is 30.3 Å². The van der Waals surface area contributed by atoms with Crippen molar-refractivity contribution in [3.8, 4) is 0 Å². The van der Waals surface area contributed by atoms with E-state index in [4.69, 9.17) is 0 Å². The van der Waals surface area contributed by atoms with Crippen LogP contribution in [0.5, 0.6) is 0 Å². The molecule has 0 saturated carbocycles. The van der Waals surface area contributed by atoms with Gasteiger partial charge in [0.2, 0.25) is 0 Å². The minimum Gasteiger partial charge on any atom is -0.384 e. The first-order valence-corrected chi connectivity index (χ1v) is 5.22. The lowest BCUT2D eigenvalue weighted by Gasteiger charge is -2.30. The van der Waals surface area contributed by atoms with E-state index in [1.165, 1.54) is 0 Å². The molecule has 2 nitrogen and oxygen atoms in total. The van der Waals surface area contributed by atoms with Gasteiger partial charge in [-0.25, -0.2) is 0 Å². The van der Waals surface area contributed by atoms with Gasteiger partial charge in [-0.05, 0) is 31.9 Å². The summed E-state index contributed by atoms with van der Waals surface area (Å²) in [6, 6.07) is 10.1. The fourth-order valence-corrected chi connectivity index (χ4v) is 2.14. The van der Waals surface area contributed by atoms with Gasteiger partial charge in [0.1, 0.15) is 5.60 Å². The Labute approximate surface area is 85.0 Å². The SMILES string of the molecule is C[C@@](O)(c1ccccc1)[C@H]1CCCN1. The largest absolute Gasteiger partial charge is 0.384 e. The summed E-state index contributed by atoms with van der Waals surface area (Å²) in [6.07, 6.45) is 2.22. The molecular formula is C12H17NO. The topological polar surface area (TPSA) is 32.3 Å². The Hall–Kier alpha value is -0.860. The van der Waals surface area contributed by atoms with Gasteiger partial charge >= 0.3 is 0 Å². The molecule has 0 aromatic heterocycles. The third-order valence-electron chi connectivity index (χ3n) is 3.10. The molecule has 2 heteroatoms. The highest BCUT2D eigenvalue weighted by Crippen LogP contribution is 2.28. The summed E-state index contributed by atoms with van der Waals surface area (Å²) in [5.74, 6) is 0. The van der Waals surface area contributed by atoms with Crippen molar-refractivity contribution in [1.29, 1.82) is 0 Å². The van der Waals surface area contributed by atoms with Crippen molar-refractivity contribution in [3.05, 3.63) is 35.9 Å². The Kier molecular flexibility index (Phi) is 2.57. The van der Waals surface area contributed by atoms with Crippen molar-refractivity contribution >= 4 is 0 Å². The van der Waals surface area contributed by atoms with Gasteiger partial charge in [-0.2, -0.15) is 0 Å². The van der Waals surface area contributed by atoms with Crippen LogP contribution in [-0.2, 0) is 5.60 Å². The van der Waals surface area contributed by atoms with Crippen LogP contribution in [0.2, 0.25) is 0 Å². The lowest BCUT2D eigenvalue weighted by Crippen LogP contribution is -2.42. The van der Waals surface area contributed by atoms with Gasteiger partial charge in [-0.15, -0.1) is 0 Å². The molecule has 1 heterocycles. The predicted molar refractivity (Wildman–Crippen MR) is 57.0 cm³/mol. The molecule has 0 bridgehead atoms. The van der Waals surface area contributed by atoms with Crippen LogP contribution in [0.1, 0.15) is 25.3 Å². The van der Waals surface area contributed by atoms with Crippen molar-refractivity contribution in [3.63, 3.8) is 0 Å². The highest BCUT2D eigenvalue weighted by molar-refractivity contribution is 5.23. The summed E-state index contributed by atoms with van der Waals surface area (Å²) in [6.45, 7) is 2.92. The number of hydrogen-bond acceptors (Lipinski definition) is 2. The van der Waals surface area contributed by atoms with E-state index in [1.807, 2.05) is 37.3 Å². The Morgan fingerprint density at radius 1 is 1.36 bits per heavy atom. The second kappa shape index (κ2) is 3.71. The van der Waals surface area contributed by atoms with E-state index < -0.39 is 5.60 Å². The van der Waals surface area contributed by atoms with Crippen molar-refractivity contribution in [2.75, 3.05) is 6.54 Å². The predicted octanol–water partition coefficient (Wildman–Crippen LogP) is 1.65. The Morgan fingerprint density at radius 2 is 2.07 bits per heavy atom. The molecule has 14 heavy (non-hydrogen) atoms. The second-order valence-electron chi connectivity index (χ2n) is 4.16. The second-order valence-corrected chi connectivity index (χ2v) is 4.16. The lowest BCUT2D eigenvalue weighted by atomic mass is 9.87. The Morgan fingerprint density at radius 3 is 2.64 bits per heavy atom. The minimum atomic E-state index is -0.738. The molecule has 0 spiro atoms. The first kappa shape index (κ1) is 9.69. The molecule has 1 aromatic carbocycles. The van der Waals surface area contributed by atoms with Crippen LogP contribution in [0.4, 0.5) is 0 Å². The Balaban J connectivity index is 2.22. The molecule has 0 amide bonds. The van der Waals surface area contributed by atoms with Crippen molar-refractivity contribution in [1.82, 2.24) is 5.32 Å². The molecular weight excluding hydrogens is 174 g/mol. The van der Waals surface area contributed by atoms with E-state index in [0.717, 1.165) is 24.9 Å². The summed E-state index contributed by atoms with van der Waals surface area (Å²) in [5, 5.41) is 13.8. The number of aliphatic hydroxyl groups is 1. The summed E-state index contributed by atoms with van der Waals surface area (Å²) in [4.78, 5) is 0. The van der Waals surface area contributed by atoms with Crippen LogP contribution < -0.4 is 5.32 Å². The van der Waals surface area contributed by atoms with Crippen LogP contribution in [-0.4, -0.2) is 17.7 Å². The fourth-order valence-electron chi connectivity index (χ4n) is 2.14. The molecule has 0 unspecified atom stereocenters. The zero-order chi connectivity index (χ0) is 10.0. The third-order valence-corrected chi connectivity index (χ3v) is 3.10. The van der Waals surface area contributed by atoms with E-state index >= 15 is 0 Å². The zero-order valence-corrected chi connectivity index (χ0v) is 8.53. The number of benzene rings is 1. The summed E-state index contributed by atoms with van der Waals surface area (Å²) < 4.78 is 0. The maximum absolute atomic E-state index is 10.4. The van der Waals surface area contributed by atoms with E-state index in [1.54, 1.807) is 0 Å². The quantitative estimate of drug-likeness (QED) is 0.745. The maximum atomic E-state index is 10.4. The lowest BCUT2D eigenvalue weighted by molar-refractivity contribution is 0.0218. The van der Waals surface area contributed by atoms with Crippen LogP contribution in [0, 0.1) is 0 Å². The minimum absolute atomic E-state index is 0.199. The number of rotatable bonds is 2. The molecule has 76 valence electrons. The van der Waals surface area contributed by atoms with Gasteiger partial charge in [-0.3, -0.25) is 0 Å². The highest BCUT2D eigenvalue weighted by atomic mass is 16.3. The standard InChI is InChI=1S/C12H17NO/c1-12(14,11-8-5-9-13-11)10-6-3-2-4-7-10/h2-4,6-7,11,13-14H,5,8-9H2,1H3/t11-,12-/m1/s1. The maximum Gasteiger partial charge on any atom is 0.102 e. The molecule has 1 saturated heterocycles. The molecule has 1 fully saturated rings. The van der Waals surface area contributed by atoms with E-state index in [2.05, 4.69) is 5.32 Å². The van der Waals surface area contributed by atoms with Crippen LogP contribution in [0.3, 0.4) is 0 Å². The van der Waals surface area contributed by atoms with Gasteiger partial charge in [-0.1, -0.05) is 30.3 Å². The van der Waals surface area contributed by atoms with Gasteiger partial charge in [0.15, 0.2) is 0 Å². The first-order valence-electron chi connectivity index (χ1n) is 5.22. The van der Waals surface area contributed by atoms with Gasteiger partial charge in [0.25, 0.3) is 0 Å². The smallest absolute Gasteiger partial charge is 0.102 e. The van der Waals surface area contributed by atoms with Gasteiger partial charge in [0.05, 0.1) is 0 Å². The molecule has 0 radical (unpaired) electrons. The summed E-state index contributed by atoms with van der Waals surface area (Å²) in [7, 11) is 0. The van der Waals surface area contributed by atoms with E-state index in [-0.39, 0.29) is 6.04 Å². The average Bonchev–Trinajstić information content (AvgIpc) is 2.72. The molecule has 2 N–H and O–H groups in total. The molecule has 2 atom stereocenters. The summed E-state index contributed by atoms with van der Waals surface area (Å²) in [5.41, 5.74) is 0.261. The van der Waals surface area contributed by atoms with E-state index in [0.29, 0.717) is 0 Å². The average molecular weight is 191 g/mol. The molecule has 0 aliphatic carbocycles. The van der Waals surface area contributed by atoms with Crippen LogP contribution >= 0.6 is 0 Å². The van der Waals surface area contributed by atoms with Crippen molar-refractivity contribution in [2.45, 2.75) is 31.4 Å². The Bertz CT molecular complexity index is 288. The first-order chi connectivity index (χ1) is 6.71. The molecule has 1 aliphatic heterocycles. The normalized spacial score (nSPS) is 26.0. The molecule has 2 rings (SSSR count). The zero-order valence-electron chi connectivity index (χ0n) is 8.53. The van der Waals surface area contributed by atoms with Crippen molar-refractivity contribution in [2.24, 2.45) is 0 Å². The molecule has 1 aromatic rings. The highest BCUT2D eigenvalue weighted by Gasteiger charge is 2.34. The van der Waals surface area contributed by atoms with Gasteiger partial charge in [0, 0.05) is 6.04 Å². The van der Waals surface area contributed by atoms with Crippen LogP contribution in [0.25, 0.3) is 0 Å². The number of nitrogens with one attached hydrogen (secondary N) is 1.